The van der Waals surface area contributed by atoms with Crippen LogP contribution in [-0.4, -0.2) is 36.6 Å². The zero-order chi connectivity index (χ0) is 9.42. The Morgan fingerprint density at radius 2 is 2.08 bits per heavy atom. The molecular formula is C11H22N2. The molecular weight excluding hydrogens is 160 g/mol. The van der Waals surface area contributed by atoms with Gasteiger partial charge in [-0.05, 0) is 32.2 Å². The maximum Gasteiger partial charge on any atom is 0.0125 e. The minimum absolute atomic E-state index is 0.648. The highest BCUT2D eigenvalue weighted by molar-refractivity contribution is 4.95. The smallest absolute Gasteiger partial charge is 0.0125 e. The van der Waals surface area contributed by atoms with Crippen molar-refractivity contribution in [1.82, 2.24) is 10.2 Å². The Balaban J connectivity index is 1.94. The molecule has 2 saturated heterocycles. The summed E-state index contributed by atoms with van der Waals surface area (Å²) in [5, 5.41) is 3.71. The van der Waals surface area contributed by atoms with Crippen LogP contribution in [0.2, 0.25) is 0 Å². The molecule has 2 heteroatoms. The fraction of sp³-hybridized carbons (Fsp3) is 1.00. The lowest BCUT2D eigenvalue weighted by Crippen LogP contribution is -2.57. The van der Waals surface area contributed by atoms with Gasteiger partial charge in [0.25, 0.3) is 0 Å². The molecule has 2 nitrogen and oxygen atoms in total. The number of rotatable bonds is 2. The molecule has 3 aliphatic rings. The van der Waals surface area contributed by atoms with Crippen LogP contribution in [0.5, 0.6) is 0 Å². The molecule has 1 saturated carbocycles. The lowest BCUT2D eigenvalue weighted by atomic mass is 9.76. The molecule has 1 N–H and O–H groups in total. The quantitative estimate of drug-likeness (QED) is 0.695. The van der Waals surface area contributed by atoms with Gasteiger partial charge >= 0.3 is 0 Å². The van der Waals surface area contributed by atoms with Crippen LogP contribution in [0.3, 0.4) is 0 Å². The number of nitrogens with one attached hydrogen (secondary N) is 1. The van der Waals surface area contributed by atoms with Crippen molar-refractivity contribution in [2.24, 2.45) is 5.92 Å². The van der Waals surface area contributed by atoms with Crippen LogP contribution in [0.15, 0.2) is 0 Å². The van der Waals surface area contributed by atoms with Gasteiger partial charge < -0.3 is 10.2 Å². The third kappa shape index (κ3) is 1.89. The van der Waals surface area contributed by atoms with E-state index in [1.807, 2.05) is 0 Å². The summed E-state index contributed by atoms with van der Waals surface area (Å²) in [6, 6.07) is 2.31. The summed E-state index contributed by atoms with van der Waals surface area (Å²) < 4.78 is 0. The van der Waals surface area contributed by atoms with Crippen LogP contribution in [-0.2, 0) is 0 Å². The maximum absolute atomic E-state index is 3.71. The second kappa shape index (κ2) is 3.58. The van der Waals surface area contributed by atoms with Crippen LogP contribution < -0.4 is 5.32 Å². The maximum atomic E-state index is 3.71. The zero-order valence-electron chi connectivity index (χ0n) is 9.09. The first-order chi connectivity index (χ1) is 6.16. The van der Waals surface area contributed by atoms with E-state index in [1.54, 1.807) is 0 Å². The molecule has 1 aliphatic carbocycles. The van der Waals surface area contributed by atoms with Gasteiger partial charge in [-0.1, -0.05) is 13.8 Å². The largest absolute Gasteiger partial charge is 0.311 e. The van der Waals surface area contributed by atoms with Crippen LogP contribution in [0, 0.1) is 5.92 Å². The Morgan fingerprint density at radius 1 is 1.31 bits per heavy atom. The van der Waals surface area contributed by atoms with Crippen LogP contribution in [0.1, 0.15) is 33.1 Å². The van der Waals surface area contributed by atoms with Crippen molar-refractivity contribution >= 4 is 0 Å². The molecule has 3 fully saturated rings. The van der Waals surface area contributed by atoms with Crippen LogP contribution in [0.25, 0.3) is 0 Å². The number of nitrogens with zero attached hydrogens (tertiary/aromatic N) is 1. The predicted molar refractivity (Wildman–Crippen MR) is 55.8 cm³/mol. The van der Waals surface area contributed by atoms with Crippen molar-refractivity contribution in [3.63, 3.8) is 0 Å². The van der Waals surface area contributed by atoms with E-state index in [4.69, 9.17) is 0 Å². The van der Waals surface area contributed by atoms with E-state index >= 15 is 0 Å². The van der Waals surface area contributed by atoms with Gasteiger partial charge in [-0.3, -0.25) is 0 Å². The molecule has 13 heavy (non-hydrogen) atoms. The fourth-order valence-corrected chi connectivity index (χ4v) is 2.98. The fourth-order valence-electron chi connectivity index (χ4n) is 2.98. The van der Waals surface area contributed by atoms with Gasteiger partial charge in [0.2, 0.25) is 0 Å². The van der Waals surface area contributed by atoms with Gasteiger partial charge in [0.05, 0.1) is 0 Å². The van der Waals surface area contributed by atoms with E-state index in [2.05, 4.69) is 31.1 Å². The summed E-state index contributed by atoms with van der Waals surface area (Å²) in [5.74, 6) is 0.914. The molecule has 2 aliphatic heterocycles. The Kier molecular flexibility index (Phi) is 2.61. The molecule has 0 spiro atoms. The Morgan fingerprint density at radius 3 is 2.54 bits per heavy atom. The topological polar surface area (TPSA) is 15.3 Å². The molecule has 2 heterocycles. The van der Waals surface area contributed by atoms with Crippen molar-refractivity contribution in [2.75, 3.05) is 13.6 Å². The Labute approximate surface area is 81.7 Å². The van der Waals surface area contributed by atoms with Gasteiger partial charge in [0.15, 0.2) is 0 Å². The highest BCUT2D eigenvalue weighted by Gasteiger charge is 2.38. The minimum atomic E-state index is 0.648. The number of piperidine rings is 2. The molecule has 0 aromatic rings. The first-order valence-electron chi connectivity index (χ1n) is 5.63. The number of hydrogen-bond donors (Lipinski definition) is 1. The molecule has 0 radical (unpaired) electrons. The SMILES string of the molecule is CC(C)NC1CC2CCC1CN2C. The Hall–Kier alpha value is -0.0800. The number of hydrogen-bond acceptors (Lipinski definition) is 2. The van der Waals surface area contributed by atoms with Gasteiger partial charge in [-0.2, -0.15) is 0 Å². The Bertz CT molecular complexity index is 179. The van der Waals surface area contributed by atoms with E-state index in [9.17, 15) is 0 Å². The third-order valence-electron chi connectivity index (χ3n) is 3.66. The highest BCUT2D eigenvalue weighted by atomic mass is 15.2. The van der Waals surface area contributed by atoms with E-state index in [0.29, 0.717) is 6.04 Å². The standard InChI is InChI=1S/C11H22N2/c1-8(2)12-11-6-10-5-4-9(11)7-13(10)3/h8-12H,4-7H2,1-3H3. The monoisotopic (exact) mass is 182 g/mol. The molecule has 76 valence electrons. The third-order valence-corrected chi connectivity index (χ3v) is 3.66. The summed E-state index contributed by atoms with van der Waals surface area (Å²) >= 11 is 0. The van der Waals surface area contributed by atoms with E-state index in [-0.39, 0.29) is 0 Å². The van der Waals surface area contributed by atoms with Crippen molar-refractivity contribution < 1.29 is 0 Å². The van der Waals surface area contributed by atoms with E-state index < -0.39 is 0 Å². The van der Waals surface area contributed by atoms with Crippen molar-refractivity contribution in [3.8, 4) is 0 Å². The average molecular weight is 182 g/mol. The summed E-state index contributed by atoms with van der Waals surface area (Å²) in [4.78, 5) is 2.55. The normalized spacial score (nSPS) is 40.2. The molecule has 0 aromatic heterocycles. The van der Waals surface area contributed by atoms with Gasteiger partial charge in [-0.15, -0.1) is 0 Å². The molecule has 3 unspecified atom stereocenters. The van der Waals surface area contributed by atoms with Crippen molar-refractivity contribution in [2.45, 2.75) is 51.2 Å². The van der Waals surface area contributed by atoms with Crippen molar-refractivity contribution in [1.29, 1.82) is 0 Å². The van der Waals surface area contributed by atoms with E-state index in [0.717, 1.165) is 18.0 Å². The highest BCUT2D eigenvalue weighted by Crippen LogP contribution is 2.34. The molecule has 0 aromatic carbocycles. The van der Waals surface area contributed by atoms with Gasteiger partial charge in [0, 0.05) is 24.7 Å². The van der Waals surface area contributed by atoms with Crippen LogP contribution in [0.4, 0.5) is 0 Å². The second-order valence-corrected chi connectivity index (χ2v) is 5.09. The zero-order valence-corrected chi connectivity index (χ0v) is 9.09. The van der Waals surface area contributed by atoms with Crippen LogP contribution >= 0.6 is 0 Å². The molecule has 3 atom stereocenters. The first kappa shape index (κ1) is 9.47. The average Bonchev–Trinajstić information content (AvgIpc) is 2.05. The second-order valence-electron chi connectivity index (χ2n) is 5.09. The van der Waals surface area contributed by atoms with Gasteiger partial charge in [-0.25, -0.2) is 0 Å². The minimum Gasteiger partial charge on any atom is -0.311 e. The summed E-state index contributed by atoms with van der Waals surface area (Å²) in [6.07, 6.45) is 4.25. The summed E-state index contributed by atoms with van der Waals surface area (Å²) in [7, 11) is 2.28. The molecule has 2 bridgehead atoms. The van der Waals surface area contributed by atoms with Crippen molar-refractivity contribution in [3.05, 3.63) is 0 Å². The summed E-state index contributed by atoms with van der Waals surface area (Å²) in [5.41, 5.74) is 0. The summed E-state index contributed by atoms with van der Waals surface area (Å²) in [6.45, 7) is 5.83. The molecule has 0 amide bonds. The molecule has 3 rings (SSSR count). The lowest BCUT2D eigenvalue weighted by Gasteiger charge is -2.49. The van der Waals surface area contributed by atoms with E-state index in [1.165, 1.54) is 25.8 Å². The number of fused-ring (bicyclic) bond motifs is 3. The van der Waals surface area contributed by atoms with Gasteiger partial charge in [0.1, 0.15) is 0 Å². The predicted octanol–water partition coefficient (Wildman–Crippen LogP) is 1.47. The first-order valence-corrected chi connectivity index (χ1v) is 5.63. The lowest BCUT2D eigenvalue weighted by molar-refractivity contribution is 0.0396.